The van der Waals surface area contributed by atoms with Crippen LogP contribution in [0, 0.1) is 51.0 Å². The minimum atomic E-state index is -0.848. The van der Waals surface area contributed by atoms with Gasteiger partial charge >= 0.3 is 0 Å². The van der Waals surface area contributed by atoms with E-state index in [-0.39, 0.29) is 11.4 Å². The highest BCUT2D eigenvalue weighted by molar-refractivity contribution is 5.93. The van der Waals surface area contributed by atoms with Gasteiger partial charge in [0.2, 0.25) is 0 Å². The first kappa shape index (κ1) is 79.2. The Morgan fingerprint density at radius 3 is 1.03 bits per heavy atom. The Bertz CT molecular complexity index is 5940. The molecule has 0 N–H and O–H groups in total. The number of benzene rings is 15. The minimum Gasteiger partial charge on any atom is -0.457 e. The molecule has 0 spiro atoms. The van der Waals surface area contributed by atoms with Gasteiger partial charge in [0.15, 0.2) is 0 Å². The fourth-order valence-corrected chi connectivity index (χ4v) is 18.7. The molecular formula is C112H96F4N2O2. The van der Waals surface area contributed by atoms with Crippen molar-refractivity contribution in [2.75, 3.05) is 9.80 Å². The first-order chi connectivity index (χ1) is 58.6. The number of aryl methyl sites for hydroxylation is 6. The lowest BCUT2D eigenvalue weighted by Gasteiger charge is -2.36. The highest BCUT2D eigenvalue weighted by Gasteiger charge is 2.49. The number of fused-ring (bicyclic) bond motifs is 6. The first-order valence-electron chi connectivity index (χ1n) is 42.1. The van der Waals surface area contributed by atoms with E-state index in [4.69, 9.17) is 9.47 Å². The van der Waals surface area contributed by atoms with E-state index in [2.05, 4.69) is 261 Å². The van der Waals surface area contributed by atoms with Crippen molar-refractivity contribution in [1.29, 1.82) is 0 Å². The van der Waals surface area contributed by atoms with Crippen LogP contribution >= 0.6 is 0 Å². The normalized spacial score (nSPS) is 14.2. The Hall–Kier alpha value is -13.3. The summed E-state index contributed by atoms with van der Waals surface area (Å²) >= 11 is 0. The highest BCUT2D eigenvalue weighted by atomic mass is 19.1. The number of nitrogens with zero attached hydrogens (tertiary/aromatic N) is 2. The van der Waals surface area contributed by atoms with Crippen LogP contribution in [0.2, 0.25) is 0 Å². The van der Waals surface area contributed by atoms with Gasteiger partial charge in [0.05, 0.1) is 22.2 Å². The minimum absolute atomic E-state index is 0.205. The van der Waals surface area contributed by atoms with Gasteiger partial charge in [0, 0.05) is 34.9 Å². The van der Waals surface area contributed by atoms with E-state index >= 15 is 17.6 Å². The van der Waals surface area contributed by atoms with Gasteiger partial charge < -0.3 is 19.3 Å². The zero-order chi connectivity index (χ0) is 82.8. The van der Waals surface area contributed by atoms with Crippen molar-refractivity contribution in [2.24, 2.45) is 0 Å². The summed E-state index contributed by atoms with van der Waals surface area (Å²) in [4.78, 5) is 3.86. The standard InChI is InChI=1S/C112H96F4N2O2/c1-9-13-15-17-23-81-67-100(80-39-49-88(50-40-80)118(110-64-46-86(114)70-108(110)116)90-52-62-98-96-26-20-22-28-102(96)112(106(98)72-90,104-66-74(6)30-32-76(104)8)84-43-59-94(60-44-84)120-92-55-35-78(12-4)36-56-92)82(24-18-16-14-10-2)68-99(81)79-37-47-87(48-38-79)117(109-63-45-85(113)69-107(109)115)89-51-61-97-95-25-19-21-27-101(95)111(105(97)71-89,103-65-73(5)29-31-75(103)7)83-41-57-93(58-42-83)119-91-53-33-77(11-3)34-54-91/h11-12,19-22,25-72H,3-4,9-10,13-18,23-24H2,1-2,5-8H3. The van der Waals surface area contributed by atoms with E-state index in [9.17, 15) is 0 Å². The van der Waals surface area contributed by atoms with E-state index < -0.39 is 34.1 Å². The second-order valence-corrected chi connectivity index (χ2v) is 32.2. The Morgan fingerprint density at radius 2 is 0.667 bits per heavy atom. The number of hydrogen-bond donors (Lipinski definition) is 0. The van der Waals surface area contributed by atoms with Crippen LogP contribution in [0.3, 0.4) is 0 Å². The lowest BCUT2D eigenvalue weighted by Crippen LogP contribution is -2.30. The summed E-state index contributed by atoms with van der Waals surface area (Å²) in [5.74, 6) is 0.0978. The molecule has 0 fully saturated rings. The quantitative estimate of drug-likeness (QED) is 0.0360. The molecule has 0 saturated carbocycles. The zero-order valence-electron chi connectivity index (χ0n) is 68.9. The third-order valence-electron chi connectivity index (χ3n) is 24.5. The van der Waals surface area contributed by atoms with Gasteiger partial charge in [-0.25, -0.2) is 17.6 Å². The zero-order valence-corrected chi connectivity index (χ0v) is 68.9. The molecule has 0 heterocycles. The highest BCUT2D eigenvalue weighted by Crippen LogP contribution is 2.61. The number of rotatable bonds is 28. The molecular weight excluding hydrogens is 1480 g/mol. The van der Waals surface area contributed by atoms with Crippen molar-refractivity contribution in [2.45, 2.75) is 117 Å². The van der Waals surface area contributed by atoms with Gasteiger partial charge in [-0.2, -0.15) is 0 Å². The second kappa shape index (κ2) is 34.0. The molecule has 0 saturated heterocycles. The van der Waals surface area contributed by atoms with Crippen LogP contribution in [0.15, 0.2) is 329 Å². The van der Waals surface area contributed by atoms with Gasteiger partial charge in [-0.1, -0.05) is 271 Å². The topological polar surface area (TPSA) is 24.9 Å². The van der Waals surface area contributed by atoms with Crippen molar-refractivity contribution in [1.82, 2.24) is 0 Å². The maximum absolute atomic E-state index is 17.1. The molecule has 0 amide bonds. The number of unbranched alkanes of at least 4 members (excludes halogenated alkanes) is 6. The van der Waals surface area contributed by atoms with Crippen LogP contribution in [0.4, 0.5) is 51.7 Å². The van der Waals surface area contributed by atoms with E-state index in [0.29, 0.717) is 45.7 Å². The van der Waals surface area contributed by atoms with Crippen LogP contribution in [-0.2, 0) is 23.7 Å². The molecule has 4 nitrogen and oxygen atoms in total. The van der Waals surface area contributed by atoms with E-state index in [1.54, 1.807) is 12.1 Å². The molecule has 2 unspecified atom stereocenters. The maximum atomic E-state index is 17.1. The summed E-state index contributed by atoms with van der Waals surface area (Å²) in [6.45, 7) is 21.0. The van der Waals surface area contributed by atoms with Crippen molar-refractivity contribution in [3.8, 4) is 67.5 Å². The predicted octanol–water partition coefficient (Wildman–Crippen LogP) is 31.6. The maximum Gasteiger partial charge on any atom is 0.150 e. The third kappa shape index (κ3) is 14.9. The lowest BCUT2D eigenvalue weighted by molar-refractivity contribution is 0.482. The van der Waals surface area contributed by atoms with Crippen molar-refractivity contribution >= 4 is 46.3 Å². The van der Waals surface area contributed by atoms with Gasteiger partial charge in [-0.05, 0) is 297 Å². The lowest BCUT2D eigenvalue weighted by atomic mass is 9.66. The average molecular weight is 1580 g/mol. The molecule has 0 bridgehead atoms. The Balaban J connectivity index is 0.768. The first-order valence-corrected chi connectivity index (χ1v) is 42.1. The summed E-state index contributed by atoms with van der Waals surface area (Å²) in [5.41, 5.74) is 27.7. The predicted molar refractivity (Wildman–Crippen MR) is 489 cm³/mol. The number of hydrogen-bond acceptors (Lipinski definition) is 4. The summed E-state index contributed by atoms with van der Waals surface area (Å²) in [6, 6.07) is 106. The third-order valence-corrected chi connectivity index (χ3v) is 24.5. The summed E-state index contributed by atoms with van der Waals surface area (Å²) < 4.78 is 77.9. The van der Waals surface area contributed by atoms with E-state index in [0.717, 1.165) is 199 Å². The molecule has 15 aromatic carbocycles. The Labute approximate surface area is 703 Å². The van der Waals surface area contributed by atoms with Crippen LogP contribution < -0.4 is 19.3 Å². The fraction of sp³-hybridized carbons (Fsp3) is 0.161. The molecule has 0 radical (unpaired) electrons. The van der Waals surface area contributed by atoms with Gasteiger partial charge in [0.1, 0.15) is 46.3 Å². The molecule has 2 aliphatic carbocycles. The smallest absolute Gasteiger partial charge is 0.150 e. The molecule has 120 heavy (non-hydrogen) atoms. The van der Waals surface area contributed by atoms with Crippen LogP contribution in [0.1, 0.15) is 154 Å². The molecule has 0 aromatic heterocycles. The Kier molecular flexibility index (Phi) is 22.4. The average Bonchev–Trinajstić information content (AvgIpc) is 1.53. The molecule has 17 rings (SSSR count). The molecule has 8 heteroatoms. The van der Waals surface area contributed by atoms with E-state index in [1.807, 2.05) is 94.7 Å². The summed E-state index contributed by atoms with van der Waals surface area (Å²) in [7, 11) is 0. The molecule has 594 valence electrons. The number of halogens is 4. The Morgan fingerprint density at radius 1 is 0.308 bits per heavy atom. The number of anilines is 6. The second-order valence-electron chi connectivity index (χ2n) is 32.2. The molecule has 0 aliphatic heterocycles. The molecule has 2 atom stereocenters. The van der Waals surface area contributed by atoms with Crippen LogP contribution in [-0.4, -0.2) is 0 Å². The van der Waals surface area contributed by atoms with E-state index in [1.165, 1.54) is 23.3 Å². The van der Waals surface area contributed by atoms with Crippen LogP contribution in [0.25, 0.3) is 56.7 Å². The van der Waals surface area contributed by atoms with Gasteiger partial charge in [-0.3, -0.25) is 0 Å². The molecule has 2 aliphatic rings. The molecule has 15 aromatic rings. The fourth-order valence-electron chi connectivity index (χ4n) is 18.7. The van der Waals surface area contributed by atoms with Gasteiger partial charge in [-0.15, -0.1) is 0 Å². The summed E-state index contributed by atoms with van der Waals surface area (Å²) in [6.07, 6.45) is 13.8. The van der Waals surface area contributed by atoms with Crippen molar-refractivity contribution < 1.29 is 27.0 Å². The monoisotopic (exact) mass is 1580 g/mol. The van der Waals surface area contributed by atoms with Crippen LogP contribution in [0.5, 0.6) is 23.0 Å². The SMILES string of the molecule is C=Cc1ccc(Oc2ccc(C3(c4cc(C)ccc4C)c4ccccc4-c4ccc(N(c5ccc(-c6cc(CCCCCC)c(-c7ccc(N(c8ccc9c(c8)C(c8ccc(Oc%10ccc(C=C)cc%10)cc8)(c8cc(C)ccc8C)c8ccccc8-9)c8ccc(F)cc8F)cc7)cc6CCCCCC)cc5)c5ccc(F)cc5F)cc43)cc2)cc1. The van der Waals surface area contributed by atoms with Crippen molar-refractivity contribution in [3.63, 3.8) is 0 Å². The summed E-state index contributed by atoms with van der Waals surface area (Å²) in [5, 5.41) is 0. The van der Waals surface area contributed by atoms with Gasteiger partial charge in [0.25, 0.3) is 0 Å². The van der Waals surface area contributed by atoms with Crippen molar-refractivity contribution in [3.05, 3.63) is 441 Å². The number of ether oxygens (including phenoxy) is 2. The largest absolute Gasteiger partial charge is 0.457 e.